The van der Waals surface area contributed by atoms with Crippen molar-refractivity contribution in [3.8, 4) is 5.69 Å². The lowest BCUT2D eigenvalue weighted by Crippen LogP contribution is -2.33. The van der Waals surface area contributed by atoms with E-state index in [0.717, 1.165) is 36.1 Å². The third-order valence-electron chi connectivity index (χ3n) is 4.32. The van der Waals surface area contributed by atoms with E-state index < -0.39 is 0 Å². The van der Waals surface area contributed by atoms with Crippen LogP contribution in [0.15, 0.2) is 48.1 Å². The van der Waals surface area contributed by atoms with Crippen molar-refractivity contribution < 1.29 is 4.79 Å². The molecule has 0 radical (unpaired) electrons. The van der Waals surface area contributed by atoms with Crippen molar-refractivity contribution in [2.75, 3.05) is 6.26 Å². The van der Waals surface area contributed by atoms with Gasteiger partial charge in [0.25, 0.3) is 5.91 Å². The first kappa shape index (κ1) is 15.9. The Balaban J connectivity index is 1.50. The summed E-state index contributed by atoms with van der Waals surface area (Å²) in [5.41, 5.74) is 1.61. The second-order valence-electron chi connectivity index (χ2n) is 5.84. The summed E-state index contributed by atoms with van der Waals surface area (Å²) in [6.45, 7) is 0.860. The Bertz CT molecular complexity index is 885. The predicted octanol–water partition coefficient (Wildman–Crippen LogP) is 2.45. The number of benzene rings is 1. The first-order valence-electron chi connectivity index (χ1n) is 8.12. The Morgan fingerprint density at radius 1 is 1.28 bits per heavy atom. The highest BCUT2D eigenvalue weighted by Gasteiger charge is 2.24. The predicted molar refractivity (Wildman–Crippen MR) is 94.8 cm³/mol. The molecule has 1 amide bonds. The number of imidazole rings is 1. The first-order chi connectivity index (χ1) is 12.3. The maximum Gasteiger partial charge on any atom is 0.251 e. The number of aryl methyl sites for hydroxylation is 1. The zero-order chi connectivity index (χ0) is 17.2. The highest BCUT2D eigenvalue weighted by Crippen LogP contribution is 2.23. The lowest BCUT2D eigenvalue weighted by molar-refractivity contribution is 0.0927. The zero-order valence-corrected chi connectivity index (χ0v) is 14.6. The lowest BCUT2D eigenvalue weighted by Gasteiger charge is -2.23. The van der Waals surface area contributed by atoms with Crippen LogP contribution in [0.3, 0.4) is 0 Å². The Labute approximate surface area is 149 Å². The van der Waals surface area contributed by atoms with Gasteiger partial charge in [-0.3, -0.25) is 9.36 Å². The van der Waals surface area contributed by atoms with Gasteiger partial charge >= 0.3 is 0 Å². The molecule has 1 N–H and O–H groups in total. The van der Waals surface area contributed by atoms with Gasteiger partial charge in [0, 0.05) is 30.2 Å². The molecule has 1 aliphatic heterocycles. The van der Waals surface area contributed by atoms with Crippen LogP contribution < -0.4 is 5.32 Å². The average Bonchev–Trinajstić information content (AvgIpc) is 3.31. The number of carbonyl (C=O) groups excluding carboxylic acids is 1. The van der Waals surface area contributed by atoms with Crippen molar-refractivity contribution >= 4 is 17.7 Å². The van der Waals surface area contributed by atoms with Crippen LogP contribution >= 0.6 is 11.8 Å². The molecule has 1 aliphatic rings. The molecule has 0 unspecified atom stereocenters. The lowest BCUT2D eigenvalue weighted by atomic mass is 10.1. The second kappa shape index (κ2) is 6.72. The van der Waals surface area contributed by atoms with Gasteiger partial charge < -0.3 is 5.32 Å². The van der Waals surface area contributed by atoms with Gasteiger partial charge in [-0.1, -0.05) is 11.8 Å². The number of nitrogens with one attached hydrogen (secondary N) is 1. The molecule has 0 spiro atoms. The third kappa shape index (κ3) is 3.05. The summed E-state index contributed by atoms with van der Waals surface area (Å²) in [5, 5.41) is 8.17. The number of hydrogen-bond donors (Lipinski definition) is 1. The summed E-state index contributed by atoms with van der Waals surface area (Å²) in [6.07, 6.45) is 9.08. The van der Waals surface area contributed by atoms with Gasteiger partial charge in [0.15, 0.2) is 5.16 Å². The molecule has 4 rings (SSSR count). The molecule has 0 bridgehead atoms. The minimum Gasteiger partial charge on any atom is -0.342 e. The SMILES string of the molecule is CSc1nccn1-c1ccc(C(=O)N[C@H]2CCCn3ncnc32)cc1. The number of aromatic nitrogens is 5. The molecule has 3 heterocycles. The average molecular weight is 354 g/mol. The van der Waals surface area contributed by atoms with Gasteiger partial charge in [-0.2, -0.15) is 5.10 Å². The highest BCUT2D eigenvalue weighted by atomic mass is 32.2. The smallest absolute Gasteiger partial charge is 0.251 e. The monoisotopic (exact) mass is 354 g/mol. The number of fused-ring (bicyclic) bond motifs is 1. The summed E-state index contributed by atoms with van der Waals surface area (Å²) in [4.78, 5) is 21.1. The van der Waals surface area contributed by atoms with Crippen molar-refractivity contribution in [3.05, 3.63) is 54.4 Å². The minimum atomic E-state index is -0.0938. The number of amides is 1. The molecule has 0 saturated heterocycles. The van der Waals surface area contributed by atoms with E-state index in [0.29, 0.717) is 5.56 Å². The van der Waals surface area contributed by atoms with Gasteiger partial charge in [-0.25, -0.2) is 14.6 Å². The molecule has 7 nitrogen and oxygen atoms in total. The summed E-state index contributed by atoms with van der Waals surface area (Å²) in [6, 6.07) is 7.45. The maximum atomic E-state index is 12.6. The number of thioether (sulfide) groups is 1. The fraction of sp³-hybridized carbons (Fsp3) is 0.294. The summed E-state index contributed by atoms with van der Waals surface area (Å²) >= 11 is 1.58. The van der Waals surface area contributed by atoms with Crippen molar-refractivity contribution in [3.63, 3.8) is 0 Å². The summed E-state index contributed by atoms with van der Waals surface area (Å²) in [5.74, 6) is 0.739. The van der Waals surface area contributed by atoms with E-state index in [9.17, 15) is 4.79 Å². The van der Waals surface area contributed by atoms with E-state index in [1.807, 2.05) is 46.0 Å². The summed E-state index contributed by atoms with van der Waals surface area (Å²) < 4.78 is 3.86. The van der Waals surface area contributed by atoms with Gasteiger partial charge in [0.05, 0.1) is 6.04 Å². The van der Waals surface area contributed by atoms with Crippen molar-refractivity contribution in [2.24, 2.45) is 0 Å². The Kier molecular flexibility index (Phi) is 4.27. The van der Waals surface area contributed by atoms with Crippen LogP contribution in [0.25, 0.3) is 5.69 Å². The van der Waals surface area contributed by atoms with Crippen LogP contribution in [0.4, 0.5) is 0 Å². The topological polar surface area (TPSA) is 77.6 Å². The summed E-state index contributed by atoms with van der Waals surface area (Å²) in [7, 11) is 0. The van der Waals surface area contributed by atoms with E-state index in [4.69, 9.17) is 0 Å². The molecule has 0 aliphatic carbocycles. The van der Waals surface area contributed by atoms with Crippen LogP contribution in [0, 0.1) is 0 Å². The third-order valence-corrected chi connectivity index (χ3v) is 4.99. The van der Waals surface area contributed by atoms with Gasteiger partial charge in [0.1, 0.15) is 12.2 Å². The van der Waals surface area contributed by atoms with E-state index in [-0.39, 0.29) is 11.9 Å². The van der Waals surface area contributed by atoms with Crippen molar-refractivity contribution in [1.29, 1.82) is 0 Å². The normalized spacial score (nSPS) is 16.4. The molecule has 1 aromatic carbocycles. The first-order valence-corrected chi connectivity index (χ1v) is 9.35. The van der Waals surface area contributed by atoms with Crippen molar-refractivity contribution in [2.45, 2.75) is 30.6 Å². The van der Waals surface area contributed by atoms with E-state index in [1.54, 1.807) is 24.3 Å². The Morgan fingerprint density at radius 2 is 2.12 bits per heavy atom. The zero-order valence-electron chi connectivity index (χ0n) is 13.8. The van der Waals surface area contributed by atoms with E-state index in [2.05, 4.69) is 20.4 Å². The molecule has 8 heteroatoms. The minimum absolute atomic E-state index is 0.0832. The molecule has 0 fully saturated rings. The maximum absolute atomic E-state index is 12.6. The van der Waals surface area contributed by atoms with E-state index >= 15 is 0 Å². The Hall–Kier alpha value is -2.61. The van der Waals surface area contributed by atoms with Crippen LogP contribution in [0.1, 0.15) is 35.1 Å². The van der Waals surface area contributed by atoms with Crippen LogP contribution in [-0.2, 0) is 6.54 Å². The van der Waals surface area contributed by atoms with Crippen molar-refractivity contribution in [1.82, 2.24) is 29.6 Å². The second-order valence-corrected chi connectivity index (χ2v) is 6.61. The van der Waals surface area contributed by atoms with Crippen LogP contribution in [0.5, 0.6) is 0 Å². The van der Waals surface area contributed by atoms with Crippen LogP contribution in [0.2, 0.25) is 0 Å². The fourth-order valence-corrected chi connectivity index (χ4v) is 3.61. The number of nitrogens with zero attached hydrogens (tertiary/aromatic N) is 5. The van der Waals surface area contributed by atoms with Gasteiger partial charge in [-0.15, -0.1) is 0 Å². The van der Waals surface area contributed by atoms with E-state index in [1.165, 1.54) is 0 Å². The Morgan fingerprint density at radius 3 is 2.92 bits per heavy atom. The number of rotatable bonds is 4. The quantitative estimate of drug-likeness (QED) is 0.728. The molecule has 3 aromatic rings. The highest BCUT2D eigenvalue weighted by molar-refractivity contribution is 7.98. The number of carbonyl (C=O) groups is 1. The molecule has 0 saturated carbocycles. The van der Waals surface area contributed by atoms with Crippen LogP contribution in [-0.4, -0.2) is 36.5 Å². The molecule has 128 valence electrons. The molecular weight excluding hydrogens is 336 g/mol. The molecule has 1 atom stereocenters. The largest absolute Gasteiger partial charge is 0.342 e. The molecular formula is C17H18N6OS. The van der Waals surface area contributed by atoms with Gasteiger partial charge in [-0.05, 0) is 43.4 Å². The fourth-order valence-electron chi connectivity index (χ4n) is 3.08. The van der Waals surface area contributed by atoms with Gasteiger partial charge in [0.2, 0.25) is 0 Å². The molecule has 2 aromatic heterocycles. The molecule has 25 heavy (non-hydrogen) atoms. The number of hydrogen-bond acceptors (Lipinski definition) is 5. The standard InChI is InChI=1S/C17H18N6OS/c1-25-17-18-8-10-22(17)13-6-4-12(5-7-13)16(24)21-14-3-2-9-23-15(14)19-11-20-23/h4-8,10-11,14H,2-3,9H2,1H3,(H,21,24)/t14-/m0/s1.